The number of methoxy groups -OCH3 is 1. The highest BCUT2D eigenvalue weighted by atomic mass is 16.5. The van der Waals surface area contributed by atoms with Crippen LogP contribution in [0.25, 0.3) is 11.8 Å². The molecule has 30 heavy (non-hydrogen) atoms. The lowest BCUT2D eigenvalue weighted by Crippen LogP contribution is -2.14. The van der Waals surface area contributed by atoms with Crippen LogP contribution in [0.2, 0.25) is 0 Å². The van der Waals surface area contributed by atoms with Gasteiger partial charge < -0.3 is 14.6 Å². The molecular weight excluding hydrogens is 374 g/mol. The number of anilines is 1. The van der Waals surface area contributed by atoms with E-state index in [1.54, 1.807) is 13.2 Å². The van der Waals surface area contributed by atoms with E-state index in [-0.39, 0.29) is 5.57 Å². The largest absolute Gasteiger partial charge is 0.497 e. The van der Waals surface area contributed by atoms with Crippen molar-refractivity contribution in [3.63, 3.8) is 0 Å². The Morgan fingerprint density at radius 2 is 1.77 bits per heavy atom. The number of amides is 1. The van der Waals surface area contributed by atoms with Crippen LogP contribution in [-0.2, 0) is 4.79 Å². The molecule has 1 heterocycles. The molecule has 5 nitrogen and oxygen atoms in total. The number of nitriles is 1. The minimum absolute atomic E-state index is 0.0601. The first-order valence-corrected chi connectivity index (χ1v) is 9.68. The van der Waals surface area contributed by atoms with Gasteiger partial charge >= 0.3 is 0 Å². The van der Waals surface area contributed by atoms with E-state index in [4.69, 9.17) is 4.74 Å². The van der Waals surface area contributed by atoms with Gasteiger partial charge in [0.15, 0.2) is 0 Å². The summed E-state index contributed by atoms with van der Waals surface area (Å²) in [5.41, 5.74) is 6.62. The van der Waals surface area contributed by atoms with Crippen LogP contribution in [0.4, 0.5) is 5.69 Å². The smallest absolute Gasteiger partial charge is 0.266 e. The zero-order valence-corrected chi connectivity index (χ0v) is 17.9. The third-order valence-corrected chi connectivity index (χ3v) is 5.10. The molecule has 2 aromatic carbocycles. The summed E-state index contributed by atoms with van der Waals surface area (Å²) in [5, 5.41) is 12.4. The molecule has 0 unspecified atom stereocenters. The Bertz CT molecular complexity index is 1160. The highest BCUT2D eigenvalue weighted by Gasteiger charge is 2.15. The van der Waals surface area contributed by atoms with Gasteiger partial charge in [-0.3, -0.25) is 4.79 Å². The number of carbonyl (C=O) groups is 1. The molecule has 3 rings (SSSR count). The van der Waals surface area contributed by atoms with E-state index in [0.29, 0.717) is 5.69 Å². The van der Waals surface area contributed by atoms with Crippen LogP contribution in [0.1, 0.15) is 28.1 Å². The maximum absolute atomic E-state index is 12.7. The van der Waals surface area contributed by atoms with E-state index >= 15 is 0 Å². The summed E-state index contributed by atoms with van der Waals surface area (Å²) in [6, 6.07) is 17.6. The number of rotatable bonds is 5. The van der Waals surface area contributed by atoms with Crippen molar-refractivity contribution < 1.29 is 9.53 Å². The lowest BCUT2D eigenvalue weighted by molar-refractivity contribution is -0.112. The number of hydrogen-bond donors (Lipinski definition) is 1. The van der Waals surface area contributed by atoms with Gasteiger partial charge in [-0.1, -0.05) is 17.7 Å². The SMILES string of the molecule is COc1ccc(-n2c(C)cc(/C=C(/C#N)C(=O)Nc3ccc(C)cc3C)c2C)cc1. The van der Waals surface area contributed by atoms with Gasteiger partial charge in [-0.2, -0.15) is 5.26 Å². The zero-order chi connectivity index (χ0) is 21.8. The molecule has 0 aliphatic carbocycles. The maximum atomic E-state index is 12.7. The van der Waals surface area contributed by atoms with Crippen LogP contribution in [-0.4, -0.2) is 17.6 Å². The van der Waals surface area contributed by atoms with E-state index in [1.807, 2.05) is 82.3 Å². The molecule has 3 aromatic rings. The number of carbonyl (C=O) groups excluding carboxylic acids is 1. The van der Waals surface area contributed by atoms with Crippen molar-refractivity contribution in [3.05, 3.63) is 82.2 Å². The number of aromatic nitrogens is 1. The number of hydrogen-bond acceptors (Lipinski definition) is 3. The molecule has 1 N–H and O–H groups in total. The minimum atomic E-state index is -0.418. The normalized spacial score (nSPS) is 11.1. The number of nitrogens with zero attached hydrogens (tertiary/aromatic N) is 2. The Hall–Kier alpha value is -3.78. The molecule has 0 bridgehead atoms. The summed E-state index contributed by atoms with van der Waals surface area (Å²) in [5.74, 6) is 0.370. The first-order chi connectivity index (χ1) is 14.3. The maximum Gasteiger partial charge on any atom is 0.266 e. The van der Waals surface area contributed by atoms with E-state index < -0.39 is 5.91 Å². The molecule has 1 aromatic heterocycles. The second-order valence-corrected chi connectivity index (χ2v) is 7.30. The van der Waals surface area contributed by atoms with Gasteiger partial charge in [0.1, 0.15) is 17.4 Å². The molecule has 0 aliphatic heterocycles. The molecule has 0 spiro atoms. The van der Waals surface area contributed by atoms with Crippen molar-refractivity contribution in [3.8, 4) is 17.5 Å². The highest BCUT2D eigenvalue weighted by molar-refractivity contribution is 6.10. The Morgan fingerprint density at radius 1 is 1.07 bits per heavy atom. The van der Waals surface area contributed by atoms with Crippen molar-refractivity contribution in [2.75, 3.05) is 12.4 Å². The first kappa shape index (κ1) is 20.9. The van der Waals surface area contributed by atoms with Gasteiger partial charge in [0, 0.05) is 22.8 Å². The van der Waals surface area contributed by atoms with Gasteiger partial charge in [-0.15, -0.1) is 0 Å². The van der Waals surface area contributed by atoms with Crippen LogP contribution in [0.5, 0.6) is 5.75 Å². The Labute approximate surface area is 177 Å². The van der Waals surface area contributed by atoms with Gasteiger partial charge in [0.25, 0.3) is 5.91 Å². The van der Waals surface area contributed by atoms with Gasteiger partial charge in [0.2, 0.25) is 0 Å². The van der Waals surface area contributed by atoms with Gasteiger partial charge in [0.05, 0.1) is 7.11 Å². The molecule has 152 valence electrons. The number of aryl methyl sites for hydroxylation is 3. The molecular formula is C25H25N3O2. The van der Waals surface area contributed by atoms with Crippen LogP contribution in [0.3, 0.4) is 0 Å². The van der Waals surface area contributed by atoms with Crippen molar-refractivity contribution in [1.82, 2.24) is 4.57 Å². The van der Waals surface area contributed by atoms with Crippen LogP contribution >= 0.6 is 0 Å². The second kappa shape index (κ2) is 8.71. The minimum Gasteiger partial charge on any atom is -0.497 e. The molecule has 0 atom stereocenters. The monoisotopic (exact) mass is 399 g/mol. The van der Waals surface area contributed by atoms with E-state index in [9.17, 15) is 10.1 Å². The molecule has 0 saturated heterocycles. The molecule has 0 saturated carbocycles. The quantitative estimate of drug-likeness (QED) is 0.470. The lowest BCUT2D eigenvalue weighted by atomic mass is 10.1. The average molecular weight is 399 g/mol. The summed E-state index contributed by atoms with van der Waals surface area (Å²) in [6.45, 7) is 7.90. The summed E-state index contributed by atoms with van der Waals surface area (Å²) in [6.07, 6.45) is 1.64. The summed E-state index contributed by atoms with van der Waals surface area (Å²) >= 11 is 0. The van der Waals surface area contributed by atoms with Crippen molar-refractivity contribution in [1.29, 1.82) is 5.26 Å². The van der Waals surface area contributed by atoms with Crippen LogP contribution < -0.4 is 10.1 Å². The van der Waals surface area contributed by atoms with E-state index in [1.165, 1.54) is 0 Å². The molecule has 1 amide bonds. The van der Waals surface area contributed by atoms with Crippen LogP contribution in [0, 0.1) is 39.0 Å². The van der Waals surface area contributed by atoms with E-state index in [2.05, 4.69) is 9.88 Å². The second-order valence-electron chi connectivity index (χ2n) is 7.30. The molecule has 0 fully saturated rings. The van der Waals surface area contributed by atoms with Crippen molar-refractivity contribution in [2.45, 2.75) is 27.7 Å². The first-order valence-electron chi connectivity index (χ1n) is 9.68. The lowest BCUT2D eigenvalue weighted by Gasteiger charge is -2.10. The van der Waals surface area contributed by atoms with Gasteiger partial charge in [-0.05, 0) is 81.3 Å². The zero-order valence-electron chi connectivity index (χ0n) is 17.9. The van der Waals surface area contributed by atoms with Gasteiger partial charge in [-0.25, -0.2) is 0 Å². The van der Waals surface area contributed by atoms with Crippen LogP contribution in [0.15, 0.2) is 54.1 Å². The Morgan fingerprint density at radius 3 is 2.37 bits per heavy atom. The topological polar surface area (TPSA) is 67.0 Å². The Kier molecular flexibility index (Phi) is 6.08. The molecule has 5 heteroatoms. The number of nitrogens with one attached hydrogen (secondary N) is 1. The summed E-state index contributed by atoms with van der Waals surface area (Å²) < 4.78 is 7.31. The third kappa shape index (κ3) is 4.28. The summed E-state index contributed by atoms with van der Waals surface area (Å²) in [4.78, 5) is 12.7. The number of ether oxygens (including phenoxy) is 1. The standard InChI is InChI=1S/C25H25N3O2/c1-16-6-11-24(17(2)12-16)27-25(29)21(15-26)14-20-13-18(3)28(19(20)4)22-7-9-23(30-5)10-8-22/h6-14H,1-5H3,(H,27,29)/b21-14-. The Balaban J connectivity index is 1.92. The van der Waals surface area contributed by atoms with Crippen molar-refractivity contribution >= 4 is 17.7 Å². The van der Waals surface area contributed by atoms with Crippen molar-refractivity contribution in [2.24, 2.45) is 0 Å². The third-order valence-electron chi connectivity index (χ3n) is 5.10. The molecule has 0 aliphatic rings. The summed E-state index contributed by atoms with van der Waals surface area (Å²) in [7, 11) is 1.64. The predicted molar refractivity (Wildman–Crippen MR) is 120 cm³/mol. The fraction of sp³-hybridized carbons (Fsp3) is 0.200. The number of benzene rings is 2. The molecule has 0 radical (unpaired) electrons. The highest BCUT2D eigenvalue weighted by Crippen LogP contribution is 2.25. The van der Waals surface area contributed by atoms with E-state index in [0.717, 1.165) is 39.5 Å². The predicted octanol–water partition coefficient (Wildman–Crippen LogP) is 5.27. The average Bonchev–Trinajstić information content (AvgIpc) is 3.01. The fourth-order valence-corrected chi connectivity index (χ4v) is 3.51. The fourth-order valence-electron chi connectivity index (χ4n) is 3.51.